The molecule has 0 amide bonds. The van der Waals surface area contributed by atoms with Crippen LogP contribution in [0.4, 0.5) is 0 Å². The zero-order valence-corrected chi connectivity index (χ0v) is 24.3. The summed E-state index contributed by atoms with van der Waals surface area (Å²) in [6, 6.07) is 0. The van der Waals surface area contributed by atoms with Crippen molar-refractivity contribution in [2.45, 2.75) is 154 Å². The van der Waals surface area contributed by atoms with Gasteiger partial charge in [-0.2, -0.15) is 0 Å². The Labute approximate surface area is 230 Å². The van der Waals surface area contributed by atoms with Crippen molar-refractivity contribution < 1.29 is 69.5 Å². The van der Waals surface area contributed by atoms with Gasteiger partial charge in [-0.05, 0) is 25.7 Å². The van der Waals surface area contributed by atoms with Gasteiger partial charge in [0.25, 0.3) is 0 Å². The van der Waals surface area contributed by atoms with Gasteiger partial charge in [-0.15, -0.1) is 0 Å². The molecule has 0 heterocycles. The van der Waals surface area contributed by atoms with Crippen LogP contribution >= 0.6 is 0 Å². The zero-order chi connectivity index (χ0) is 21.8. The minimum Gasteiger partial charge on any atom is -0.748 e. The monoisotopic (exact) mass is 472 g/mol. The molecule has 0 radical (unpaired) electrons. The zero-order valence-electron chi connectivity index (χ0n) is 20.4. The average molecular weight is 473 g/mol. The Kier molecular flexibility index (Phi) is 26.6. The fraction of sp³-hybridized carbons (Fsp3) is 1.00. The van der Waals surface area contributed by atoms with E-state index in [1.165, 1.54) is 70.6 Å². The molecule has 0 aromatic heterocycles. The van der Waals surface area contributed by atoms with Crippen molar-refractivity contribution in [3.8, 4) is 0 Å². The molecule has 0 aliphatic carbocycles. The molecule has 0 fully saturated rings. The van der Waals surface area contributed by atoms with Crippen LogP contribution in [0, 0.1) is 0 Å². The van der Waals surface area contributed by atoms with E-state index in [9.17, 15) is 18.1 Å². The molecule has 2 unspecified atom stereocenters. The van der Waals surface area contributed by atoms with Gasteiger partial charge in [-0.1, -0.05) is 117 Å². The van der Waals surface area contributed by atoms with Crippen molar-refractivity contribution in [2.75, 3.05) is 0 Å². The van der Waals surface area contributed by atoms with E-state index in [1.54, 1.807) is 0 Å². The number of aliphatic hydroxyl groups is 1. The van der Waals surface area contributed by atoms with Crippen LogP contribution in [0.15, 0.2) is 0 Å². The van der Waals surface area contributed by atoms with E-state index in [0.717, 1.165) is 44.9 Å². The van der Waals surface area contributed by atoms with Crippen molar-refractivity contribution in [1.29, 1.82) is 0 Å². The van der Waals surface area contributed by atoms with E-state index in [1.807, 2.05) is 6.92 Å². The Morgan fingerprint density at radius 2 is 0.967 bits per heavy atom. The Balaban J connectivity index is 0. The predicted molar refractivity (Wildman–Crippen MR) is 123 cm³/mol. The van der Waals surface area contributed by atoms with Crippen LogP contribution in [0.25, 0.3) is 0 Å². The van der Waals surface area contributed by atoms with Crippen molar-refractivity contribution in [3.05, 3.63) is 0 Å². The number of aliphatic hydroxyl groups excluding tert-OH is 1. The van der Waals surface area contributed by atoms with Gasteiger partial charge in [0.05, 0.1) is 16.2 Å². The minimum atomic E-state index is -4.12. The third-order valence-corrected chi connectivity index (χ3v) is 7.26. The fourth-order valence-corrected chi connectivity index (χ4v) is 5.03. The molecule has 4 nitrogen and oxygen atoms in total. The molecule has 1 N–H and O–H groups in total. The second-order valence-corrected chi connectivity index (χ2v) is 10.5. The van der Waals surface area contributed by atoms with Gasteiger partial charge in [0.1, 0.15) is 0 Å². The molecule has 6 heteroatoms. The Bertz CT molecular complexity index is 442. The number of hydrogen-bond acceptors (Lipinski definition) is 4. The van der Waals surface area contributed by atoms with Crippen molar-refractivity contribution in [1.82, 2.24) is 0 Å². The van der Waals surface area contributed by atoms with E-state index < -0.39 is 15.4 Å². The summed E-state index contributed by atoms with van der Waals surface area (Å²) in [6.07, 6.45) is 21.6. The van der Waals surface area contributed by atoms with Gasteiger partial charge in [-0.25, -0.2) is 8.42 Å². The Morgan fingerprint density at radius 3 is 1.33 bits per heavy atom. The Morgan fingerprint density at radius 1 is 0.600 bits per heavy atom. The van der Waals surface area contributed by atoms with E-state index in [4.69, 9.17) is 0 Å². The summed E-state index contributed by atoms with van der Waals surface area (Å²) in [5.41, 5.74) is 0. The second-order valence-electron chi connectivity index (χ2n) is 8.87. The van der Waals surface area contributed by atoms with Crippen LogP contribution in [0.3, 0.4) is 0 Å². The average Bonchev–Trinajstić information content (AvgIpc) is 2.67. The van der Waals surface area contributed by atoms with Crippen molar-refractivity contribution >= 4 is 10.1 Å². The van der Waals surface area contributed by atoms with Gasteiger partial charge in [0.2, 0.25) is 0 Å². The molecule has 0 bridgehead atoms. The molecule has 0 aliphatic heterocycles. The van der Waals surface area contributed by atoms with Crippen LogP contribution in [0.2, 0.25) is 0 Å². The molecule has 0 rings (SSSR count). The first kappa shape index (κ1) is 33.7. The largest absolute Gasteiger partial charge is 1.00 e. The molecule has 176 valence electrons. The molecule has 0 saturated heterocycles. The van der Waals surface area contributed by atoms with Gasteiger partial charge >= 0.3 is 51.4 Å². The maximum Gasteiger partial charge on any atom is 1.00 e. The van der Waals surface area contributed by atoms with E-state index in [2.05, 4.69) is 6.92 Å². The maximum atomic E-state index is 11.2. The number of hydrogen-bond donors (Lipinski definition) is 1. The maximum absolute atomic E-state index is 11.2. The van der Waals surface area contributed by atoms with Crippen LogP contribution in [-0.4, -0.2) is 29.4 Å². The van der Waals surface area contributed by atoms with E-state index in [-0.39, 0.29) is 57.5 Å². The summed E-state index contributed by atoms with van der Waals surface area (Å²) in [4.78, 5) is 0. The van der Waals surface area contributed by atoms with E-state index >= 15 is 0 Å². The van der Waals surface area contributed by atoms with Gasteiger partial charge < -0.3 is 9.66 Å². The molecule has 0 aromatic carbocycles. The molecule has 2 atom stereocenters. The summed E-state index contributed by atoms with van der Waals surface area (Å²) in [5.74, 6) is 0. The third-order valence-electron chi connectivity index (χ3n) is 5.97. The van der Waals surface area contributed by atoms with Crippen LogP contribution in [-0.2, 0) is 10.1 Å². The molecular formula is C24H49KO4S. The van der Waals surface area contributed by atoms with Crippen LogP contribution in [0.1, 0.15) is 142 Å². The van der Waals surface area contributed by atoms with Crippen LogP contribution in [0.5, 0.6) is 0 Å². The summed E-state index contributed by atoms with van der Waals surface area (Å²) in [5, 5.41) is 9.36. The molecule has 0 aromatic rings. The van der Waals surface area contributed by atoms with E-state index in [0.29, 0.717) is 12.8 Å². The SMILES string of the molecule is CCCCCCCCC(O)CCCCCCCCCCCC(CCC)S(=O)(=O)[O-].[K+]. The molecule has 0 saturated carbocycles. The molecule has 0 spiro atoms. The van der Waals surface area contributed by atoms with Crippen molar-refractivity contribution in [3.63, 3.8) is 0 Å². The first-order valence-corrected chi connectivity index (χ1v) is 14.0. The number of unbranched alkanes of at least 4 members (excludes halogenated alkanes) is 13. The van der Waals surface area contributed by atoms with Gasteiger partial charge in [-0.3, -0.25) is 0 Å². The Hall–Kier alpha value is 1.51. The minimum absolute atomic E-state index is 0. The van der Waals surface area contributed by atoms with Crippen LogP contribution < -0.4 is 51.4 Å². The van der Waals surface area contributed by atoms with Crippen molar-refractivity contribution in [2.24, 2.45) is 0 Å². The molecular weight excluding hydrogens is 423 g/mol. The first-order valence-electron chi connectivity index (χ1n) is 12.5. The summed E-state index contributed by atoms with van der Waals surface area (Å²) < 4.78 is 33.6. The standard InChI is InChI=1S/C24H50O4S.K/c1-3-5-6-7-13-16-20-23(25)21-17-14-11-9-8-10-12-15-18-22-24(19-4-2)29(26,27)28;/h23-25H,3-22H2,1-2H3,(H,26,27,28);/q;+1/p-1. The van der Waals surface area contributed by atoms with Gasteiger partial charge in [0, 0.05) is 5.25 Å². The first-order chi connectivity index (χ1) is 13.9. The molecule has 0 aliphatic rings. The summed E-state index contributed by atoms with van der Waals surface area (Å²) in [7, 11) is -4.12. The van der Waals surface area contributed by atoms with Gasteiger partial charge in [0.15, 0.2) is 0 Å². The third kappa shape index (κ3) is 22.7. The smallest absolute Gasteiger partial charge is 0.748 e. The molecule has 30 heavy (non-hydrogen) atoms. The number of rotatable bonds is 22. The summed E-state index contributed by atoms with van der Waals surface area (Å²) >= 11 is 0. The topological polar surface area (TPSA) is 77.4 Å². The second kappa shape index (κ2) is 23.7. The normalized spacial score (nSPS) is 13.7. The predicted octanol–water partition coefficient (Wildman–Crippen LogP) is 4.11. The fourth-order valence-electron chi connectivity index (χ4n) is 4.05. The quantitative estimate of drug-likeness (QED) is 0.146. The summed E-state index contributed by atoms with van der Waals surface area (Å²) in [6.45, 7) is 4.16.